The maximum atomic E-state index is 11.8. The summed E-state index contributed by atoms with van der Waals surface area (Å²) in [7, 11) is 2.13. The summed E-state index contributed by atoms with van der Waals surface area (Å²) in [6.45, 7) is 3.49. The first kappa shape index (κ1) is 15.4. The third-order valence-corrected chi connectivity index (χ3v) is 4.06. The van der Waals surface area contributed by atoms with Crippen LogP contribution in [0.25, 0.3) is 0 Å². The van der Waals surface area contributed by atoms with E-state index < -0.39 is 0 Å². The number of hydrogen-bond donors (Lipinski definition) is 2. The van der Waals surface area contributed by atoms with Crippen molar-refractivity contribution >= 4 is 23.1 Å². The van der Waals surface area contributed by atoms with Crippen molar-refractivity contribution in [2.24, 2.45) is 11.7 Å². The Morgan fingerprint density at radius 2 is 2.11 bits per heavy atom. The fourth-order valence-corrected chi connectivity index (χ4v) is 2.80. The summed E-state index contributed by atoms with van der Waals surface area (Å²) in [6.07, 6.45) is 5.91. The monoisotopic (exact) mass is 271 g/mol. The van der Waals surface area contributed by atoms with Gasteiger partial charge >= 0.3 is 0 Å². The van der Waals surface area contributed by atoms with Gasteiger partial charge in [-0.25, -0.2) is 0 Å². The van der Waals surface area contributed by atoms with Crippen LogP contribution in [0.15, 0.2) is 0 Å². The highest BCUT2D eigenvalue weighted by Gasteiger charge is 2.21. The number of carbonyl (C=O) groups is 1. The van der Waals surface area contributed by atoms with E-state index in [4.69, 9.17) is 18.0 Å². The van der Waals surface area contributed by atoms with E-state index in [0.29, 0.717) is 24.0 Å². The first-order valence-corrected chi connectivity index (χ1v) is 7.24. The molecule has 1 aliphatic rings. The lowest BCUT2D eigenvalue weighted by atomic mass is 10.1. The van der Waals surface area contributed by atoms with Crippen LogP contribution in [0.1, 0.15) is 39.0 Å². The van der Waals surface area contributed by atoms with Gasteiger partial charge in [-0.2, -0.15) is 0 Å². The topological polar surface area (TPSA) is 58.4 Å². The molecule has 0 aromatic rings. The third-order valence-electron chi connectivity index (χ3n) is 3.78. The zero-order valence-corrected chi connectivity index (χ0v) is 12.3. The summed E-state index contributed by atoms with van der Waals surface area (Å²) in [5.41, 5.74) is 5.54. The zero-order chi connectivity index (χ0) is 13.5. The van der Waals surface area contributed by atoms with Gasteiger partial charge in [-0.15, -0.1) is 0 Å². The Morgan fingerprint density at radius 3 is 2.61 bits per heavy atom. The van der Waals surface area contributed by atoms with Gasteiger partial charge in [0.05, 0.1) is 10.9 Å². The van der Waals surface area contributed by atoms with Gasteiger partial charge in [0.25, 0.3) is 0 Å². The fraction of sp³-hybridized carbons (Fsp3) is 0.846. The summed E-state index contributed by atoms with van der Waals surface area (Å²) < 4.78 is 0. The van der Waals surface area contributed by atoms with Gasteiger partial charge in [0.1, 0.15) is 0 Å². The second-order valence-corrected chi connectivity index (χ2v) is 5.54. The highest BCUT2D eigenvalue weighted by atomic mass is 32.1. The standard InChI is InChI=1S/C13H25N3OS/c1-3-11(12(14)18)13(17)15-8-9-16(2)10-6-4-5-7-10/h10-11H,3-9H2,1-2H3,(H2,14,18)(H,15,17). The van der Waals surface area contributed by atoms with E-state index in [9.17, 15) is 4.79 Å². The molecule has 1 saturated carbocycles. The first-order valence-electron chi connectivity index (χ1n) is 6.83. The smallest absolute Gasteiger partial charge is 0.229 e. The van der Waals surface area contributed by atoms with Crippen LogP contribution < -0.4 is 11.1 Å². The molecule has 0 aromatic carbocycles. The lowest BCUT2D eigenvalue weighted by Crippen LogP contribution is -2.42. The summed E-state index contributed by atoms with van der Waals surface area (Å²) in [6, 6.07) is 0.694. The van der Waals surface area contributed by atoms with Gasteiger partial charge in [-0.1, -0.05) is 32.0 Å². The minimum Gasteiger partial charge on any atom is -0.393 e. The maximum Gasteiger partial charge on any atom is 0.229 e. The molecular weight excluding hydrogens is 246 g/mol. The molecule has 1 fully saturated rings. The molecule has 1 aliphatic carbocycles. The van der Waals surface area contributed by atoms with Crippen molar-refractivity contribution < 1.29 is 4.79 Å². The molecule has 5 heteroatoms. The molecule has 0 heterocycles. The number of nitrogens with two attached hydrogens (primary N) is 1. The average Bonchev–Trinajstić information content (AvgIpc) is 2.82. The number of nitrogens with zero attached hydrogens (tertiary/aromatic N) is 1. The third kappa shape index (κ3) is 4.53. The molecule has 1 unspecified atom stereocenters. The van der Waals surface area contributed by atoms with Gasteiger partial charge in [0, 0.05) is 19.1 Å². The number of nitrogens with one attached hydrogen (secondary N) is 1. The fourth-order valence-electron chi connectivity index (χ4n) is 2.52. The minimum atomic E-state index is -0.322. The Bertz CT molecular complexity index is 290. The number of amides is 1. The number of hydrogen-bond acceptors (Lipinski definition) is 3. The normalized spacial score (nSPS) is 17.9. The molecule has 0 spiro atoms. The molecule has 0 radical (unpaired) electrons. The first-order chi connectivity index (χ1) is 8.56. The Kier molecular flexibility index (Phi) is 6.57. The van der Waals surface area contributed by atoms with Crippen molar-refractivity contribution in [3.8, 4) is 0 Å². The Hall–Kier alpha value is -0.680. The number of likely N-dealkylation sites (N-methyl/N-ethyl adjacent to an activating group) is 1. The van der Waals surface area contributed by atoms with E-state index in [0.717, 1.165) is 6.54 Å². The summed E-state index contributed by atoms with van der Waals surface area (Å²) in [5, 5.41) is 2.92. The molecule has 18 heavy (non-hydrogen) atoms. The molecular formula is C13H25N3OS. The van der Waals surface area contributed by atoms with Crippen molar-refractivity contribution in [1.29, 1.82) is 0 Å². The molecule has 104 valence electrons. The van der Waals surface area contributed by atoms with Crippen LogP contribution in [0, 0.1) is 5.92 Å². The van der Waals surface area contributed by atoms with Crippen LogP contribution in [0.2, 0.25) is 0 Å². The molecule has 0 aliphatic heterocycles. The lowest BCUT2D eigenvalue weighted by molar-refractivity contribution is -0.123. The second kappa shape index (κ2) is 7.69. The van der Waals surface area contributed by atoms with Gasteiger partial charge in [0.15, 0.2) is 0 Å². The molecule has 0 bridgehead atoms. The van der Waals surface area contributed by atoms with Crippen molar-refractivity contribution in [3.05, 3.63) is 0 Å². The summed E-state index contributed by atoms with van der Waals surface area (Å²) >= 11 is 4.89. The van der Waals surface area contributed by atoms with Gasteiger partial charge < -0.3 is 16.0 Å². The molecule has 1 rings (SSSR count). The highest BCUT2D eigenvalue weighted by Crippen LogP contribution is 2.21. The predicted molar refractivity (Wildman–Crippen MR) is 78.5 cm³/mol. The summed E-state index contributed by atoms with van der Waals surface area (Å²) in [4.78, 5) is 14.5. The van der Waals surface area contributed by atoms with Crippen LogP contribution in [0.5, 0.6) is 0 Å². The zero-order valence-electron chi connectivity index (χ0n) is 11.4. The molecule has 4 nitrogen and oxygen atoms in total. The summed E-state index contributed by atoms with van der Waals surface area (Å²) in [5.74, 6) is -0.360. The quantitative estimate of drug-likeness (QED) is 0.685. The van der Waals surface area contributed by atoms with Crippen LogP contribution in [-0.2, 0) is 4.79 Å². The van der Waals surface area contributed by atoms with Crippen molar-refractivity contribution in [3.63, 3.8) is 0 Å². The van der Waals surface area contributed by atoms with Crippen molar-refractivity contribution in [2.45, 2.75) is 45.1 Å². The van der Waals surface area contributed by atoms with Gasteiger partial charge in [-0.3, -0.25) is 4.79 Å². The van der Waals surface area contributed by atoms with E-state index in [1.165, 1.54) is 25.7 Å². The Labute approximate surface area is 115 Å². The Morgan fingerprint density at radius 1 is 1.50 bits per heavy atom. The molecule has 1 atom stereocenters. The minimum absolute atomic E-state index is 0.0372. The van der Waals surface area contributed by atoms with Gasteiger partial charge in [-0.05, 0) is 26.3 Å². The predicted octanol–water partition coefficient (Wildman–Crippen LogP) is 1.29. The van der Waals surface area contributed by atoms with Gasteiger partial charge in [0.2, 0.25) is 5.91 Å². The van der Waals surface area contributed by atoms with Crippen molar-refractivity contribution in [2.75, 3.05) is 20.1 Å². The van der Waals surface area contributed by atoms with E-state index in [2.05, 4.69) is 17.3 Å². The van der Waals surface area contributed by atoms with E-state index >= 15 is 0 Å². The van der Waals surface area contributed by atoms with E-state index in [1.807, 2.05) is 6.92 Å². The lowest BCUT2D eigenvalue weighted by Gasteiger charge is -2.24. The molecule has 0 aromatic heterocycles. The number of carbonyl (C=O) groups excluding carboxylic acids is 1. The maximum absolute atomic E-state index is 11.8. The van der Waals surface area contributed by atoms with Crippen LogP contribution in [-0.4, -0.2) is 42.0 Å². The Balaban J connectivity index is 2.23. The molecule has 3 N–H and O–H groups in total. The molecule has 1 amide bonds. The van der Waals surface area contributed by atoms with Crippen LogP contribution >= 0.6 is 12.2 Å². The second-order valence-electron chi connectivity index (χ2n) is 5.07. The highest BCUT2D eigenvalue weighted by molar-refractivity contribution is 7.80. The number of thiocarbonyl (C=S) groups is 1. The van der Waals surface area contributed by atoms with E-state index in [-0.39, 0.29) is 11.8 Å². The average molecular weight is 271 g/mol. The number of rotatable bonds is 7. The molecule has 0 saturated heterocycles. The van der Waals surface area contributed by atoms with Crippen LogP contribution in [0.4, 0.5) is 0 Å². The van der Waals surface area contributed by atoms with E-state index in [1.54, 1.807) is 0 Å². The SMILES string of the molecule is CCC(C(=O)NCCN(C)C1CCCC1)C(N)=S. The van der Waals surface area contributed by atoms with Crippen molar-refractivity contribution in [1.82, 2.24) is 10.2 Å². The van der Waals surface area contributed by atoms with Crippen LogP contribution in [0.3, 0.4) is 0 Å². The largest absolute Gasteiger partial charge is 0.393 e.